The summed E-state index contributed by atoms with van der Waals surface area (Å²) >= 11 is 0. The summed E-state index contributed by atoms with van der Waals surface area (Å²) in [5, 5.41) is 18.7. The molecule has 1 N–H and O–H groups in total. The van der Waals surface area contributed by atoms with Crippen LogP contribution < -0.4 is 18.5 Å². The molecule has 4 rings (SSSR count). The summed E-state index contributed by atoms with van der Waals surface area (Å²) in [7, 11) is -1.66. The molecule has 0 aliphatic rings. The zero-order valence-electron chi connectivity index (χ0n) is 25.9. The van der Waals surface area contributed by atoms with Crippen molar-refractivity contribution >= 4 is 24.0 Å². The maximum atomic E-state index is 14.5. The molecule has 44 heavy (non-hydrogen) atoms. The minimum atomic E-state index is -4.32. The van der Waals surface area contributed by atoms with E-state index in [2.05, 4.69) is 34.8 Å². The molecule has 0 aliphatic carbocycles. The molecule has 0 bridgehead atoms. The molecule has 236 valence electrons. The summed E-state index contributed by atoms with van der Waals surface area (Å²) in [5.41, 5.74) is 0.983. The molecule has 11 nitrogen and oxygen atoms in total. The van der Waals surface area contributed by atoms with Gasteiger partial charge in [0.2, 0.25) is 21.9 Å². The second-order valence-electron chi connectivity index (χ2n) is 11.4. The molecule has 2 heterocycles. The topological polar surface area (TPSA) is 129 Å². The van der Waals surface area contributed by atoms with Gasteiger partial charge in [-0.15, -0.1) is 10.2 Å². The Balaban J connectivity index is 1.99. The molecule has 0 saturated heterocycles. The fourth-order valence-corrected chi connectivity index (χ4v) is 7.22. The second-order valence-corrected chi connectivity index (χ2v) is 19.2. The van der Waals surface area contributed by atoms with Crippen molar-refractivity contribution in [2.75, 3.05) is 32.2 Å². The number of ether oxygens (including phenoxy) is 3. The van der Waals surface area contributed by atoms with E-state index >= 15 is 0 Å². The van der Waals surface area contributed by atoms with Gasteiger partial charge in [0.25, 0.3) is 0 Å². The molecule has 0 spiro atoms. The minimum Gasteiger partial charge on any atom is -0.494 e. The van der Waals surface area contributed by atoms with Crippen LogP contribution in [-0.2, 0) is 10.0 Å². The Morgan fingerprint density at radius 3 is 2.11 bits per heavy atom. The fourth-order valence-electron chi connectivity index (χ4n) is 4.59. The SMILES string of the molecule is COc1cccc(-c2nnc(N(CC[Si](C)(C)C)S(=O)(=O)[C@H](C)[C@@H](O)c3ccc(F)cc3)n2-c2c(OC)cccc2OC)n1. The van der Waals surface area contributed by atoms with Crippen molar-refractivity contribution in [1.82, 2.24) is 19.7 Å². The number of methoxy groups -OCH3 is 3. The average molecular weight is 644 g/mol. The zero-order valence-corrected chi connectivity index (χ0v) is 27.7. The summed E-state index contributed by atoms with van der Waals surface area (Å²) in [4.78, 5) is 4.53. The molecule has 0 fully saturated rings. The third kappa shape index (κ3) is 6.87. The van der Waals surface area contributed by atoms with Gasteiger partial charge >= 0.3 is 0 Å². The molecule has 0 radical (unpaired) electrons. The number of aliphatic hydroxyl groups is 1. The number of aromatic nitrogens is 4. The van der Waals surface area contributed by atoms with Gasteiger partial charge in [-0.1, -0.05) is 43.9 Å². The Bertz CT molecular complexity index is 1670. The molecule has 4 aromatic rings. The maximum absolute atomic E-state index is 14.5. The van der Waals surface area contributed by atoms with Crippen LogP contribution in [0, 0.1) is 5.82 Å². The molecular weight excluding hydrogens is 606 g/mol. The summed E-state index contributed by atoms with van der Waals surface area (Å²) in [6.07, 6.45) is -1.45. The summed E-state index contributed by atoms with van der Waals surface area (Å²) < 4.78 is 62.1. The van der Waals surface area contributed by atoms with Crippen LogP contribution in [-0.4, -0.2) is 74.5 Å². The first-order chi connectivity index (χ1) is 20.8. The third-order valence-corrected chi connectivity index (χ3v) is 11.0. The van der Waals surface area contributed by atoms with E-state index < -0.39 is 35.3 Å². The van der Waals surface area contributed by atoms with Gasteiger partial charge in [-0.3, -0.25) is 4.57 Å². The van der Waals surface area contributed by atoms with Gasteiger partial charge in [-0.25, -0.2) is 22.1 Å². The Labute approximate surface area is 258 Å². The van der Waals surface area contributed by atoms with Crippen LogP contribution in [0.1, 0.15) is 18.6 Å². The monoisotopic (exact) mass is 643 g/mol. The predicted octanol–water partition coefficient (Wildman–Crippen LogP) is 5.09. The van der Waals surface area contributed by atoms with E-state index in [1.807, 2.05) is 0 Å². The number of aliphatic hydroxyl groups excluding tert-OH is 1. The third-order valence-electron chi connectivity index (χ3n) is 7.15. The van der Waals surface area contributed by atoms with Gasteiger partial charge in [0.15, 0.2) is 5.82 Å². The van der Waals surface area contributed by atoms with Gasteiger partial charge in [-0.2, -0.15) is 0 Å². The molecular formula is C30H38FN5O6SSi. The Morgan fingerprint density at radius 2 is 1.55 bits per heavy atom. The van der Waals surface area contributed by atoms with Crippen molar-refractivity contribution in [3.8, 4) is 34.6 Å². The summed E-state index contributed by atoms with van der Waals surface area (Å²) in [6, 6.07) is 16.0. The first-order valence-electron chi connectivity index (χ1n) is 14.0. The van der Waals surface area contributed by atoms with Crippen LogP contribution in [0.15, 0.2) is 60.7 Å². The molecule has 2 aromatic heterocycles. The number of nitrogens with zero attached hydrogens (tertiary/aromatic N) is 5. The molecule has 0 aliphatic heterocycles. The number of para-hydroxylation sites is 1. The van der Waals surface area contributed by atoms with E-state index in [9.17, 15) is 17.9 Å². The smallest absolute Gasteiger partial charge is 0.246 e. The van der Waals surface area contributed by atoms with Crippen molar-refractivity contribution in [2.45, 2.75) is 44.0 Å². The fraction of sp³-hybridized carbons (Fsp3) is 0.367. The Morgan fingerprint density at radius 1 is 0.932 bits per heavy atom. The van der Waals surface area contributed by atoms with Gasteiger partial charge in [-0.05, 0) is 48.9 Å². The molecule has 0 unspecified atom stereocenters. The standard InChI is InChI=1S/C30H38FN5O6SSi/c1-20(28(37)21-14-16-22(31)17-15-21)43(38,39)35(18-19-44(5,6)7)30-34-33-29(23-10-8-13-26(32-23)42-4)36(30)27-24(40-2)11-9-12-25(27)41-3/h8-17,20,28,37H,18-19H2,1-7H3/t20-,28-/m1/s1. The molecule has 2 atom stereocenters. The van der Waals surface area contributed by atoms with Crippen molar-refractivity contribution < 1.29 is 32.1 Å². The normalized spacial score (nSPS) is 13.3. The van der Waals surface area contributed by atoms with Crippen LogP contribution in [0.2, 0.25) is 25.7 Å². The number of anilines is 1. The summed E-state index contributed by atoms with van der Waals surface area (Å²) in [6.45, 7) is 7.88. The Kier molecular flexibility index (Phi) is 9.96. The first kappa shape index (κ1) is 32.9. The van der Waals surface area contributed by atoms with Crippen molar-refractivity contribution in [3.05, 3.63) is 72.0 Å². The highest BCUT2D eigenvalue weighted by Gasteiger charge is 2.39. The number of sulfonamides is 1. The average Bonchev–Trinajstić information content (AvgIpc) is 3.43. The van der Waals surface area contributed by atoms with Gasteiger partial charge in [0.05, 0.1) is 27.4 Å². The zero-order chi connectivity index (χ0) is 32.2. The van der Waals surface area contributed by atoms with Crippen molar-refractivity contribution in [2.24, 2.45) is 0 Å². The van der Waals surface area contributed by atoms with E-state index in [-0.39, 0.29) is 23.9 Å². The van der Waals surface area contributed by atoms with Gasteiger partial charge < -0.3 is 19.3 Å². The molecule has 14 heteroatoms. The maximum Gasteiger partial charge on any atom is 0.246 e. The first-order valence-corrected chi connectivity index (χ1v) is 19.2. The van der Waals surface area contributed by atoms with Gasteiger partial charge in [0, 0.05) is 20.7 Å². The van der Waals surface area contributed by atoms with E-state index in [0.29, 0.717) is 34.8 Å². The quantitative estimate of drug-likeness (QED) is 0.198. The van der Waals surface area contributed by atoms with E-state index in [4.69, 9.17) is 14.2 Å². The van der Waals surface area contributed by atoms with Crippen molar-refractivity contribution in [3.63, 3.8) is 0 Å². The number of hydrogen-bond donors (Lipinski definition) is 1. The number of rotatable bonds is 13. The highest BCUT2D eigenvalue weighted by Crippen LogP contribution is 2.40. The molecule has 0 amide bonds. The van der Waals surface area contributed by atoms with Crippen LogP contribution in [0.4, 0.5) is 10.3 Å². The number of halogens is 1. The van der Waals surface area contributed by atoms with Crippen LogP contribution in [0.25, 0.3) is 17.2 Å². The minimum absolute atomic E-state index is 0.0381. The van der Waals surface area contributed by atoms with E-state index in [1.54, 1.807) is 36.4 Å². The number of benzene rings is 2. The van der Waals surface area contributed by atoms with Crippen LogP contribution in [0.5, 0.6) is 17.4 Å². The molecule has 0 saturated carbocycles. The van der Waals surface area contributed by atoms with Crippen LogP contribution in [0.3, 0.4) is 0 Å². The van der Waals surface area contributed by atoms with Crippen LogP contribution >= 0.6 is 0 Å². The lowest BCUT2D eigenvalue weighted by Gasteiger charge is -2.31. The lowest BCUT2D eigenvalue weighted by Crippen LogP contribution is -2.44. The van der Waals surface area contributed by atoms with Gasteiger partial charge in [0.1, 0.15) is 33.9 Å². The molecule has 2 aromatic carbocycles. The summed E-state index contributed by atoms with van der Waals surface area (Å²) in [5.74, 6) is 0.744. The number of hydrogen-bond acceptors (Lipinski definition) is 9. The Hall–Kier alpha value is -4.01. The number of pyridine rings is 1. The highest BCUT2D eigenvalue weighted by atomic mass is 32.2. The predicted molar refractivity (Wildman–Crippen MR) is 169 cm³/mol. The van der Waals surface area contributed by atoms with E-state index in [0.717, 1.165) is 0 Å². The van der Waals surface area contributed by atoms with Crippen molar-refractivity contribution in [1.29, 1.82) is 0 Å². The second kappa shape index (κ2) is 13.3. The highest BCUT2D eigenvalue weighted by molar-refractivity contribution is 7.93. The largest absolute Gasteiger partial charge is 0.494 e. The van der Waals surface area contributed by atoms with E-state index in [1.165, 1.54) is 61.4 Å². The lowest BCUT2D eigenvalue weighted by molar-refractivity contribution is 0.175. The lowest BCUT2D eigenvalue weighted by atomic mass is 10.1.